The van der Waals surface area contributed by atoms with Gasteiger partial charge in [-0.3, -0.25) is 9.48 Å². The average molecular weight is 351 g/mol. The Kier molecular flexibility index (Phi) is 3.51. The van der Waals surface area contributed by atoms with Gasteiger partial charge in [-0.1, -0.05) is 18.2 Å². The Morgan fingerprint density at radius 1 is 1.19 bits per heavy atom. The fourth-order valence-corrected chi connectivity index (χ4v) is 4.36. The van der Waals surface area contributed by atoms with Gasteiger partial charge in [-0.15, -0.1) is 0 Å². The van der Waals surface area contributed by atoms with E-state index in [9.17, 15) is 4.79 Å². The minimum Gasteiger partial charge on any atom is -0.485 e. The van der Waals surface area contributed by atoms with Gasteiger partial charge in [0.25, 0.3) is 5.91 Å². The van der Waals surface area contributed by atoms with Crippen molar-refractivity contribution in [2.24, 2.45) is 7.05 Å². The summed E-state index contributed by atoms with van der Waals surface area (Å²) in [6, 6.07) is 9.90. The third kappa shape index (κ3) is 2.40. The second-order valence-electron chi connectivity index (χ2n) is 7.14. The van der Waals surface area contributed by atoms with Crippen molar-refractivity contribution in [1.29, 1.82) is 0 Å². The molecule has 5 rings (SSSR count). The smallest absolute Gasteiger partial charge is 0.268 e. The number of fused-ring (bicyclic) bond motifs is 3. The van der Waals surface area contributed by atoms with Crippen LogP contribution < -0.4 is 9.47 Å². The molecular weight excluding hydrogens is 330 g/mol. The van der Waals surface area contributed by atoms with E-state index in [0.29, 0.717) is 11.5 Å². The zero-order chi connectivity index (χ0) is 17.7. The van der Waals surface area contributed by atoms with Crippen molar-refractivity contribution in [3.63, 3.8) is 0 Å². The molecule has 6 heteroatoms. The number of aromatic nitrogens is 2. The highest BCUT2D eigenvalue weighted by Gasteiger charge is 2.43. The van der Waals surface area contributed by atoms with Crippen LogP contribution in [-0.2, 0) is 11.8 Å². The van der Waals surface area contributed by atoms with Crippen LogP contribution in [0.15, 0.2) is 42.6 Å². The normalized spacial score (nSPS) is 26.6. The fraction of sp³-hybridized carbons (Fsp3) is 0.400. The van der Waals surface area contributed by atoms with E-state index < -0.39 is 6.10 Å². The maximum atomic E-state index is 13.2. The summed E-state index contributed by atoms with van der Waals surface area (Å²) in [5, 5.41) is 4.27. The van der Waals surface area contributed by atoms with Gasteiger partial charge >= 0.3 is 0 Å². The third-order valence-corrected chi connectivity index (χ3v) is 5.58. The summed E-state index contributed by atoms with van der Waals surface area (Å²) in [6.07, 6.45) is 6.38. The predicted octanol–water partition coefficient (Wildman–Crippen LogP) is 2.41. The number of hydrogen-bond donors (Lipinski definition) is 0. The summed E-state index contributed by atoms with van der Waals surface area (Å²) >= 11 is 0. The third-order valence-electron chi connectivity index (χ3n) is 5.58. The second kappa shape index (κ2) is 5.90. The number of para-hydroxylation sites is 2. The van der Waals surface area contributed by atoms with Gasteiger partial charge < -0.3 is 14.4 Å². The highest BCUT2D eigenvalue weighted by Crippen LogP contribution is 2.40. The first kappa shape index (κ1) is 15.5. The minimum atomic E-state index is -0.570. The van der Waals surface area contributed by atoms with Gasteiger partial charge in [-0.05, 0) is 43.0 Å². The van der Waals surface area contributed by atoms with Crippen molar-refractivity contribution in [2.75, 3.05) is 6.61 Å². The zero-order valence-corrected chi connectivity index (χ0v) is 14.7. The van der Waals surface area contributed by atoms with Crippen LogP contribution in [0.5, 0.6) is 11.5 Å². The van der Waals surface area contributed by atoms with Gasteiger partial charge in [0.2, 0.25) is 6.10 Å². The average Bonchev–Trinajstić information content (AvgIpc) is 3.21. The molecule has 3 atom stereocenters. The Morgan fingerprint density at radius 2 is 2.04 bits per heavy atom. The van der Waals surface area contributed by atoms with Crippen LogP contribution in [-0.4, -0.2) is 45.4 Å². The molecule has 1 saturated heterocycles. The topological polar surface area (TPSA) is 56.6 Å². The zero-order valence-electron chi connectivity index (χ0n) is 14.7. The number of carbonyl (C=O) groups excluding carboxylic acids is 1. The van der Waals surface area contributed by atoms with Gasteiger partial charge in [-0.25, -0.2) is 0 Å². The number of rotatable bonds is 2. The lowest BCUT2D eigenvalue weighted by atomic mass is 9.98. The van der Waals surface area contributed by atoms with Crippen molar-refractivity contribution < 1.29 is 14.3 Å². The van der Waals surface area contributed by atoms with Crippen LogP contribution in [0.4, 0.5) is 0 Å². The molecule has 0 saturated carbocycles. The molecule has 0 radical (unpaired) electrons. The molecule has 1 aromatic carbocycles. The van der Waals surface area contributed by atoms with E-state index in [1.54, 1.807) is 0 Å². The van der Waals surface area contributed by atoms with Crippen LogP contribution in [0.1, 0.15) is 25.0 Å². The van der Waals surface area contributed by atoms with Gasteiger partial charge in [0.1, 0.15) is 6.61 Å². The van der Waals surface area contributed by atoms with Crippen molar-refractivity contribution in [2.45, 2.75) is 37.5 Å². The molecule has 2 bridgehead atoms. The van der Waals surface area contributed by atoms with E-state index in [1.807, 2.05) is 53.2 Å². The van der Waals surface area contributed by atoms with Crippen molar-refractivity contribution in [3.8, 4) is 11.5 Å². The van der Waals surface area contributed by atoms with E-state index in [1.165, 1.54) is 5.57 Å². The maximum Gasteiger partial charge on any atom is 0.268 e. The lowest BCUT2D eigenvalue weighted by Crippen LogP contribution is -2.51. The molecule has 3 aliphatic rings. The highest BCUT2D eigenvalue weighted by molar-refractivity contribution is 5.84. The minimum absolute atomic E-state index is 0.0345. The summed E-state index contributed by atoms with van der Waals surface area (Å²) in [6.45, 7) is 0.268. The summed E-state index contributed by atoms with van der Waals surface area (Å²) in [5.74, 6) is 1.39. The number of amides is 1. The molecule has 1 fully saturated rings. The standard InChI is InChI=1S/C20H21N3O3/c1-22-16(8-9-21-22)13-10-14-6-7-15(11-13)23(14)20(24)19-12-25-17-4-2-3-5-18(17)26-19/h2-5,8-10,14-15,19H,6-7,11-12H2,1H3. The molecule has 0 N–H and O–H groups in total. The second-order valence-corrected chi connectivity index (χ2v) is 7.14. The molecule has 0 spiro atoms. The Hall–Kier alpha value is -2.76. The molecule has 4 heterocycles. The Bertz CT molecular complexity index is 888. The molecule has 1 aromatic heterocycles. The number of carbonyl (C=O) groups is 1. The number of aryl methyl sites for hydroxylation is 1. The van der Waals surface area contributed by atoms with Gasteiger partial charge in [-0.2, -0.15) is 5.10 Å². The Morgan fingerprint density at radius 3 is 2.81 bits per heavy atom. The largest absolute Gasteiger partial charge is 0.485 e. The summed E-state index contributed by atoms with van der Waals surface area (Å²) < 4.78 is 13.6. The number of nitrogens with zero attached hydrogens (tertiary/aromatic N) is 3. The first-order valence-corrected chi connectivity index (χ1v) is 9.10. The SMILES string of the molecule is Cn1nccc1C1=CC2CCC(C1)N2C(=O)C1COc2ccccc2O1. The van der Waals surface area contributed by atoms with E-state index in [-0.39, 0.29) is 24.6 Å². The van der Waals surface area contributed by atoms with Crippen molar-refractivity contribution in [1.82, 2.24) is 14.7 Å². The molecule has 26 heavy (non-hydrogen) atoms. The van der Waals surface area contributed by atoms with Crippen LogP contribution in [0.2, 0.25) is 0 Å². The first-order chi connectivity index (χ1) is 12.7. The number of hydrogen-bond acceptors (Lipinski definition) is 4. The molecular formula is C20H21N3O3. The summed E-state index contributed by atoms with van der Waals surface area (Å²) in [4.78, 5) is 15.2. The van der Waals surface area contributed by atoms with E-state index in [0.717, 1.165) is 25.0 Å². The van der Waals surface area contributed by atoms with E-state index in [2.05, 4.69) is 11.2 Å². The predicted molar refractivity (Wildman–Crippen MR) is 95.8 cm³/mol. The fourth-order valence-electron chi connectivity index (χ4n) is 4.36. The van der Waals surface area contributed by atoms with Crippen LogP contribution in [0, 0.1) is 0 Å². The van der Waals surface area contributed by atoms with E-state index in [4.69, 9.17) is 9.47 Å². The van der Waals surface area contributed by atoms with Gasteiger partial charge in [0.05, 0.1) is 11.7 Å². The molecule has 2 aromatic rings. The van der Waals surface area contributed by atoms with Gasteiger partial charge in [0, 0.05) is 19.3 Å². The Balaban J connectivity index is 1.38. The lowest BCUT2D eigenvalue weighted by molar-refractivity contribution is -0.143. The maximum absolute atomic E-state index is 13.2. The molecule has 1 amide bonds. The van der Waals surface area contributed by atoms with Crippen LogP contribution >= 0.6 is 0 Å². The van der Waals surface area contributed by atoms with Crippen LogP contribution in [0.25, 0.3) is 5.57 Å². The van der Waals surface area contributed by atoms with Crippen molar-refractivity contribution in [3.05, 3.63) is 48.3 Å². The molecule has 6 nitrogen and oxygen atoms in total. The highest BCUT2D eigenvalue weighted by atomic mass is 16.6. The van der Waals surface area contributed by atoms with Crippen molar-refractivity contribution >= 4 is 11.5 Å². The quantitative estimate of drug-likeness (QED) is 0.834. The molecule has 3 unspecified atom stereocenters. The Labute approximate surface area is 152 Å². The lowest BCUT2D eigenvalue weighted by Gasteiger charge is -2.37. The van der Waals surface area contributed by atoms with E-state index >= 15 is 0 Å². The monoisotopic (exact) mass is 351 g/mol. The number of benzene rings is 1. The van der Waals surface area contributed by atoms with Gasteiger partial charge in [0.15, 0.2) is 11.5 Å². The summed E-state index contributed by atoms with van der Waals surface area (Å²) in [7, 11) is 1.96. The first-order valence-electron chi connectivity index (χ1n) is 9.10. The van der Waals surface area contributed by atoms with Crippen LogP contribution in [0.3, 0.4) is 0 Å². The summed E-state index contributed by atoms with van der Waals surface area (Å²) in [5.41, 5.74) is 2.42. The molecule has 134 valence electrons. The number of ether oxygens (including phenoxy) is 2. The molecule has 0 aliphatic carbocycles. The molecule has 3 aliphatic heterocycles.